The maximum Gasteiger partial charge on any atom is 0.226 e. The minimum absolute atomic E-state index is 0.0157. The van der Waals surface area contributed by atoms with Crippen LogP contribution in [0, 0.1) is 17.8 Å². The first kappa shape index (κ1) is 13.5. The summed E-state index contributed by atoms with van der Waals surface area (Å²) >= 11 is 0. The SMILES string of the molecule is CC(C)C(=O)Nc1ccc(NC(C2CC2)C2CC2)cc1. The third-order valence-electron chi connectivity index (χ3n) is 4.27. The molecule has 0 radical (unpaired) electrons. The highest BCUT2D eigenvalue weighted by Crippen LogP contribution is 2.45. The smallest absolute Gasteiger partial charge is 0.226 e. The lowest BCUT2D eigenvalue weighted by Gasteiger charge is -2.19. The van der Waals surface area contributed by atoms with Gasteiger partial charge in [-0.15, -0.1) is 0 Å². The number of hydrogen-bond acceptors (Lipinski definition) is 2. The van der Waals surface area contributed by atoms with Crippen LogP contribution >= 0.6 is 0 Å². The van der Waals surface area contributed by atoms with Crippen molar-refractivity contribution in [1.29, 1.82) is 0 Å². The molecule has 3 rings (SSSR count). The van der Waals surface area contributed by atoms with Crippen LogP contribution < -0.4 is 10.6 Å². The summed E-state index contributed by atoms with van der Waals surface area (Å²) in [7, 11) is 0. The van der Waals surface area contributed by atoms with Crippen LogP contribution in [0.3, 0.4) is 0 Å². The van der Waals surface area contributed by atoms with Gasteiger partial charge in [0.15, 0.2) is 0 Å². The summed E-state index contributed by atoms with van der Waals surface area (Å²) in [6.07, 6.45) is 5.54. The topological polar surface area (TPSA) is 41.1 Å². The molecule has 0 unspecified atom stereocenters. The van der Waals surface area contributed by atoms with E-state index in [2.05, 4.69) is 22.8 Å². The lowest BCUT2D eigenvalue weighted by Crippen LogP contribution is -2.24. The number of nitrogens with one attached hydrogen (secondary N) is 2. The van der Waals surface area contributed by atoms with Crippen molar-refractivity contribution in [2.24, 2.45) is 17.8 Å². The van der Waals surface area contributed by atoms with E-state index in [9.17, 15) is 4.79 Å². The Hall–Kier alpha value is -1.51. The van der Waals surface area contributed by atoms with Crippen molar-refractivity contribution < 1.29 is 4.79 Å². The van der Waals surface area contributed by atoms with Gasteiger partial charge in [0, 0.05) is 23.3 Å². The number of benzene rings is 1. The molecule has 0 aromatic heterocycles. The molecule has 0 bridgehead atoms. The Kier molecular flexibility index (Phi) is 3.68. The molecular formula is C17H24N2O. The molecule has 2 aliphatic rings. The summed E-state index contributed by atoms with van der Waals surface area (Å²) in [5.41, 5.74) is 2.06. The van der Waals surface area contributed by atoms with Crippen LogP contribution in [-0.4, -0.2) is 11.9 Å². The van der Waals surface area contributed by atoms with Gasteiger partial charge in [-0.1, -0.05) is 13.8 Å². The fourth-order valence-electron chi connectivity index (χ4n) is 2.66. The Morgan fingerprint density at radius 3 is 1.95 bits per heavy atom. The summed E-state index contributed by atoms with van der Waals surface area (Å²) in [4.78, 5) is 11.6. The molecule has 2 fully saturated rings. The number of amides is 1. The Morgan fingerprint density at radius 2 is 1.50 bits per heavy atom. The third-order valence-corrected chi connectivity index (χ3v) is 4.27. The largest absolute Gasteiger partial charge is 0.382 e. The predicted molar refractivity (Wildman–Crippen MR) is 82.8 cm³/mol. The average Bonchev–Trinajstić information content (AvgIpc) is 3.29. The van der Waals surface area contributed by atoms with Crippen molar-refractivity contribution in [1.82, 2.24) is 0 Å². The molecule has 3 nitrogen and oxygen atoms in total. The van der Waals surface area contributed by atoms with E-state index in [1.54, 1.807) is 0 Å². The molecule has 1 amide bonds. The molecule has 2 aliphatic carbocycles. The fraction of sp³-hybridized carbons (Fsp3) is 0.588. The minimum atomic E-state index is 0.0157. The molecular weight excluding hydrogens is 248 g/mol. The van der Waals surface area contributed by atoms with E-state index < -0.39 is 0 Å². The summed E-state index contributed by atoms with van der Waals surface area (Å²) < 4.78 is 0. The van der Waals surface area contributed by atoms with Crippen molar-refractivity contribution in [2.75, 3.05) is 10.6 Å². The van der Waals surface area contributed by atoms with Crippen molar-refractivity contribution in [3.8, 4) is 0 Å². The second-order valence-corrected chi connectivity index (χ2v) is 6.57. The van der Waals surface area contributed by atoms with E-state index in [4.69, 9.17) is 0 Å². The molecule has 1 aromatic rings. The van der Waals surface area contributed by atoms with Crippen LogP contribution in [0.25, 0.3) is 0 Å². The van der Waals surface area contributed by atoms with Gasteiger partial charge in [-0.05, 0) is 61.8 Å². The van der Waals surface area contributed by atoms with Crippen LogP contribution in [0.2, 0.25) is 0 Å². The molecule has 2 saturated carbocycles. The second-order valence-electron chi connectivity index (χ2n) is 6.57. The summed E-state index contributed by atoms with van der Waals surface area (Å²) in [5.74, 6) is 1.87. The summed E-state index contributed by atoms with van der Waals surface area (Å²) in [5, 5.41) is 6.62. The molecule has 20 heavy (non-hydrogen) atoms. The average molecular weight is 272 g/mol. The zero-order valence-electron chi connectivity index (χ0n) is 12.4. The highest BCUT2D eigenvalue weighted by atomic mass is 16.1. The Bertz CT molecular complexity index is 460. The van der Waals surface area contributed by atoms with E-state index in [-0.39, 0.29) is 11.8 Å². The molecule has 0 heterocycles. The number of rotatable bonds is 6. The number of hydrogen-bond donors (Lipinski definition) is 2. The van der Waals surface area contributed by atoms with Gasteiger partial charge in [-0.25, -0.2) is 0 Å². The first-order chi connectivity index (χ1) is 9.63. The number of carbonyl (C=O) groups excluding carboxylic acids is 1. The van der Waals surface area contributed by atoms with E-state index in [0.29, 0.717) is 6.04 Å². The predicted octanol–water partition coefficient (Wildman–Crippen LogP) is 3.88. The molecule has 108 valence electrons. The van der Waals surface area contributed by atoms with Crippen molar-refractivity contribution in [2.45, 2.75) is 45.6 Å². The van der Waals surface area contributed by atoms with Crippen LogP contribution in [0.15, 0.2) is 24.3 Å². The van der Waals surface area contributed by atoms with Crippen molar-refractivity contribution in [3.05, 3.63) is 24.3 Å². The summed E-state index contributed by atoms with van der Waals surface area (Å²) in [6, 6.07) is 8.80. The summed E-state index contributed by atoms with van der Waals surface area (Å²) in [6.45, 7) is 3.81. The van der Waals surface area contributed by atoms with Gasteiger partial charge < -0.3 is 10.6 Å². The van der Waals surface area contributed by atoms with Gasteiger partial charge in [0.1, 0.15) is 0 Å². The van der Waals surface area contributed by atoms with Crippen molar-refractivity contribution in [3.63, 3.8) is 0 Å². The Morgan fingerprint density at radius 1 is 1.00 bits per heavy atom. The monoisotopic (exact) mass is 272 g/mol. The van der Waals surface area contributed by atoms with Crippen LogP contribution in [0.5, 0.6) is 0 Å². The van der Waals surface area contributed by atoms with Crippen molar-refractivity contribution >= 4 is 17.3 Å². The van der Waals surface area contributed by atoms with E-state index in [1.807, 2.05) is 26.0 Å². The van der Waals surface area contributed by atoms with Crippen LogP contribution in [-0.2, 0) is 4.79 Å². The molecule has 0 aliphatic heterocycles. The molecule has 0 spiro atoms. The fourth-order valence-corrected chi connectivity index (χ4v) is 2.66. The molecule has 0 saturated heterocycles. The molecule has 1 aromatic carbocycles. The van der Waals surface area contributed by atoms with Gasteiger partial charge in [-0.3, -0.25) is 4.79 Å². The van der Waals surface area contributed by atoms with Gasteiger partial charge in [0.2, 0.25) is 5.91 Å². The normalized spacial score (nSPS) is 18.4. The first-order valence-electron chi connectivity index (χ1n) is 7.81. The Balaban J connectivity index is 1.59. The van der Waals surface area contributed by atoms with Gasteiger partial charge in [0.05, 0.1) is 0 Å². The lowest BCUT2D eigenvalue weighted by atomic mass is 10.1. The highest BCUT2D eigenvalue weighted by molar-refractivity contribution is 5.92. The van der Waals surface area contributed by atoms with Gasteiger partial charge in [-0.2, -0.15) is 0 Å². The maximum atomic E-state index is 11.6. The van der Waals surface area contributed by atoms with E-state index in [0.717, 1.165) is 17.5 Å². The molecule has 0 atom stereocenters. The van der Waals surface area contributed by atoms with Crippen LogP contribution in [0.1, 0.15) is 39.5 Å². The quantitative estimate of drug-likeness (QED) is 0.825. The maximum absolute atomic E-state index is 11.6. The van der Waals surface area contributed by atoms with E-state index in [1.165, 1.54) is 31.4 Å². The number of anilines is 2. The highest BCUT2D eigenvalue weighted by Gasteiger charge is 2.41. The molecule has 3 heteroatoms. The zero-order valence-corrected chi connectivity index (χ0v) is 12.4. The van der Waals surface area contributed by atoms with Gasteiger partial charge >= 0.3 is 0 Å². The van der Waals surface area contributed by atoms with E-state index >= 15 is 0 Å². The zero-order chi connectivity index (χ0) is 14.1. The second kappa shape index (κ2) is 5.47. The third kappa shape index (κ3) is 3.33. The van der Waals surface area contributed by atoms with Gasteiger partial charge in [0.25, 0.3) is 0 Å². The lowest BCUT2D eigenvalue weighted by molar-refractivity contribution is -0.118. The number of carbonyl (C=O) groups is 1. The first-order valence-corrected chi connectivity index (χ1v) is 7.81. The Labute approximate surface area is 121 Å². The minimum Gasteiger partial charge on any atom is -0.382 e. The molecule has 2 N–H and O–H groups in total. The van der Waals surface area contributed by atoms with Crippen LogP contribution in [0.4, 0.5) is 11.4 Å². The standard InChI is InChI=1S/C17H24N2O/c1-11(2)17(20)19-15-9-7-14(8-10-15)18-16(12-3-4-12)13-5-6-13/h7-13,16,18H,3-6H2,1-2H3,(H,19,20).